The zero-order chi connectivity index (χ0) is 16.5. The molecule has 0 saturated carbocycles. The molecule has 0 aromatic heterocycles. The lowest BCUT2D eigenvalue weighted by Gasteiger charge is -2.15. The minimum atomic E-state index is -0.0475. The Kier molecular flexibility index (Phi) is 7.96. The van der Waals surface area contributed by atoms with E-state index in [0.29, 0.717) is 24.7 Å². The Morgan fingerprint density at radius 2 is 2.00 bits per heavy atom. The van der Waals surface area contributed by atoms with Crippen LogP contribution in [0.4, 0.5) is 0 Å². The van der Waals surface area contributed by atoms with Crippen LogP contribution in [0.3, 0.4) is 0 Å². The molecule has 0 bridgehead atoms. The van der Waals surface area contributed by atoms with Crippen LogP contribution in [-0.2, 0) is 11.3 Å². The van der Waals surface area contributed by atoms with Crippen molar-refractivity contribution in [2.24, 2.45) is 5.92 Å². The first-order valence-electron chi connectivity index (χ1n) is 8.03. The summed E-state index contributed by atoms with van der Waals surface area (Å²) in [5.74, 6) is 1.18. The second kappa shape index (κ2) is 9.46. The zero-order valence-electron chi connectivity index (χ0n) is 14.4. The van der Waals surface area contributed by atoms with Crippen molar-refractivity contribution in [2.45, 2.75) is 53.2 Å². The molecule has 22 heavy (non-hydrogen) atoms. The van der Waals surface area contributed by atoms with Gasteiger partial charge in [-0.25, -0.2) is 0 Å². The third-order valence-corrected chi connectivity index (χ3v) is 3.35. The van der Waals surface area contributed by atoms with Crippen molar-refractivity contribution in [1.29, 1.82) is 0 Å². The molecule has 0 aliphatic heterocycles. The third kappa shape index (κ3) is 6.06. The summed E-state index contributed by atoms with van der Waals surface area (Å²) in [6.45, 7) is 9.49. The molecule has 4 nitrogen and oxygen atoms in total. The number of rotatable bonds is 9. The Balaban J connectivity index is 2.77. The standard InChI is InChI=1S/C18H29NO3/c1-6-7-14(4)19-18(20)15-8-9-17(21-5)16(10-15)12-22-11-13(2)3/h8-10,13-14H,6-7,11-12H2,1-5H3,(H,19,20)/t14-/m1/s1. The first-order valence-corrected chi connectivity index (χ1v) is 8.03. The lowest BCUT2D eigenvalue weighted by atomic mass is 10.1. The van der Waals surface area contributed by atoms with E-state index in [9.17, 15) is 4.79 Å². The molecule has 1 amide bonds. The predicted octanol–water partition coefficient (Wildman–Crippen LogP) is 3.79. The molecule has 0 spiro atoms. The molecule has 124 valence electrons. The number of nitrogens with one attached hydrogen (secondary N) is 1. The van der Waals surface area contributed by atoms with Gasteiger partial charge in [-0.1, -0.05) is 27.2 Å². The van der Waals surface area contributed by atoms with Crippen LogP contribution in [0.15, 0.2) is 18.2 Å². The highest BCUT2D eigenvalue weighted by Crippen LogP contribution is 2.21. The van der Waals surface area contributed by atoms with E-state index in [4.69, 9.17) is 9.47 Å². The summed E-state index contributed by atoms with van der Waals surface area (Å²) >= 11 is 0. The molecule has 4 heteroatoms. The van der Waals surface area contributed by atoms with E-state index in [1.165, 1.54) is 0 Å². The van der Waals surface area contributed by atoms with Crippen LogP contribution in [0.5, 0.6) is 5.75 Å². The average Bonchev–Trinajstić information content (AvgIpc) is 2.46. The van der Waals surface area contributed by atoms with Crippen LogP contribution in [-0.4, -0.2) is 25.7 Å². The lowest BCUT2D eigenvalue weighted by molar-refractivity contribution is 0.0929. The van der Waals surface area contributed by atoms with Crippen LogP contribution < -0.4 is 10.1 Å². The van der Waals surface area contributed by atoms with Gasteiger partial charge in [0.05, 0.1) is 13.7 Å². The fourth-order valence-corrected chi connectivity index (χ4v) is 2.25. The van der Waals surface area contributed by atoms with Gasteiger partial charge in [-0.15, -0.1) is 0 Å². The van der Waals surface area contributed by atoms with E-state index >= 15 is 0 Å². The summed E-state index contributed by atoms with van der Waals surface area (Å²) in [6, 6.07) is 5.65. The average molecular weight is 307 g/mol. The van der Waals surface area contributed by atoms with Crippen molar-refractivity contribution in [3.63, 3.8) is 0 Å². The lowest BCUT2D eigenvalue weighted by Crippen LogP contribution is -2.32. The van der Waals surface area contributed by atoms with E-state index in [1.54, 1.807) is 13.2 Å². The molecule has 0 saturated heterocycles. The quantitative estimate of drug-likeness (QED) is 0.755. The van der Waals surface area contributed by atoms with Gasteiger partial charge in [-0.3, -0.25) is 4.79 Å². The largest absolute Gasteiger partial charge is 0.496 e. The number of benzene rings is 1. The van der Waals surface area contributed by atoms with E-state index in [1.807, 2.05) is 19.1 Å². The molecule has 1 atom stereocenters. The molecule has 0 fully saturated rings. The maximum Gasteiger partial charge on any atom is 0.251 e. The zero-order valence-corrected chi connectivity index (χ0v) is 14.4. The number of hydrogen-bond acceptors (Lipinski definition) is 3. The number of carbonyl (C=O) groups is 1. The van der Waals surface area contributed by atoms with Crippen LogP contribution in [0.2, 0.25) is 0 Å². The van der Waals surface area contributed by atoms with Crippen LogP contribution in [0.25, 0.3) is 0 Å². The van der Waals surface area contributed by atoms with Crippen molar-refractivity contribution < 1.29 is 14.3 Å². The second-order valence-electron chi connectivity index (χ2n) is 6.10. The Morgan fingerprint density at radius 3 is 2.59 bits per heavy atom. The first-order chi connectivity index (χ1) is 10.5. The molecule has 0 unspecified atom stereocenters. The molecule has 0 aliphatic rings. The first kappa shape index (κ1) is 18.5. The van der Waals surface area contributed by atoms with Crippen LogP contribution in [0.1, 0.15) is 56.5 Å². The fourth-order valence-electron chi connectivity index (χ4n) is 2.25. The fraction of sp³-hybridized carbons (Fsp3) is 0.611. The Morgan fingerprint density at radius 1 is 1.27 bits per heavy atom. The van der Waals surface area contributed by atoms with Crippen molar-refractivity contribution in [2.75, 3.05) is 13.7 Å². The Labute approximate surface area is 134 Å². The molecule has 1 N–H and O–H groups in total. The van der Waals surface area contributed by atoms with Gasteiger partial charge in [0.25, 0.3) is 5.91 Å². The van der Waals surface area contributed by atoms with E-state index < -0.39 is 0 Å². The molecule has 1 aromatic carbocycles. The smallest absolute Gasteiger partial charge is 0.251 e. The van der Waals surface area contributed by atoms with E-state index in [2.05, 4.69) is 26.1 Å². The molecule has 1 rings (SSSR count). The number of hydrogen-bond donors (Lipinski definition) is 1. The topological polar surface area (TPSA) is 47.6 Å². The van der Waals surface area contributed by atoms with Gasteiger partial charge >= 0.3 is 0 Å². The monoisotopic (exact) mass is 307 g/mol. The molecule has 0 heterocycles. The molecule has 0 radical (unpaired) electrons. The van der Waals surface area contributed by atoms with E-state index in [-0.39, 0.29) is 11.9 Å². The van der Waals surface area contributed by atoms with Crippen molar-refractivity contribution in [3.8, 4) is 5.75 Å². The summed E-state index contributed by atoms with van der Waals surface area (Å²) in [5.41, 5.74) is 1.55. The van der Waals surface area contributed by atoms with Gasteiger partial charge in [0.15, 0.2) is 0 Å². The molecule has 0 aliphatic carbocycles. The molecular weight excluding hydrogens is 278 g/mol. The summed E-state index contributed by atoms with van der Waals surface area (Å²) < 4.78 is 11.0. The third-order valence-electron chi connectivity index (χ3n) is 3.35. The van der Waals surface area contributed by atoms with Gasteiger partial charge in [0, 0.05) is 23.8 Å². The summed E-state index contributed by atoms with van der Waals surface area (Å²) in [4.78, 5) is 12.3. The van der Waals surface area contributed by atoms with E-state index in [0.717, 1.165) is 24.2 Å². The highest BCUT2D eigenvalue weighted by Gasteiger charge is 2.12. The highest BCUT2D eigenvalue weighted by atomic mass is 16.5. The van der Waals surface area contributed by atoms with Gasteiger partial charge in [-0.2, -0.15) is 0 Å². The van der Waals surface area contributed by atoms with Gasteiger partial charge < -0.3 is 14.8 Å². The SMILES string of the molecule is CCC[C@@H](C)NC(=O)c1ccc(OC)c(COCC(C)C)c1. The number of amides is 1. The molecule has 1 aromatic rings. The summed E-state index contributed by atoms with van der Waals surface area (Å²) in [6.07, 6.45) is 2.03. The van der Waals surface area contributed by atoms with Crippen molar-refractivity contribution in [3.05, 3.63) is 29.3 Å². The number of carbonyl (C=O) groups excluding carboxylic acids is 1. The summed E-state index contributed by atoms with van der Waals surface area (Å²) in [7, 11) is 1.63. The van der Waals surface area contributed by atoms with Crippen molar-refractivity contribution in [1.82, 2.24) is 5.32 Å². The van der Waals surface area contributed by atoms with Crippen LogP contribution >= 0.6 is 0 Å². The van der Waals surface area contributed by atoms with Crippen LogP contribution in [0, 0.1) is 5.92 Å². The number of ether oxygens (including phenoxy) is 2. The van der Waals surface area contributed by atoms with Gasteiger partial charge in [0.2, 0.25) is 0 Å². The Bertz CT molecular complexity index is 471. The summed E-state index contributed by atoms with van der Waals surface area (Å²) in [5, 5.41) is 3.02. The van der Waals surface area contributed by atoms with Crippen molar-refractivity contribution >= 4 is 5.91 Å². The number of methoxy groups -OCH3 is 1. The van der Waals surface area contributed by atoms with Gasteiger partial charge in [0.1, 0.15) is 5.75 Å². The Hall–Kier alpha value is -1.55. The predicted molar refractivity (Wildman–Crippen MR) is 89.3 cm³/mol. The van der Waals surface area contributed by atoms with Gasteiger partial charge in [-0.05, 0) is 37.5 Å². The second-order valence-corrected chi connectivity index (χ2v) is 6.10. The highest BCUT2D eigenvalue weighted by molar-refractivity contribution is 5.94. The normalized spacial score (nSPS) is 12.3. The minimum Gasteiger partial charge on any atom is -0.496 e. The maximum absolute atomic E-state index is 12.3. The molecular formula is C18H29NO3. The maximum atomic E-state index is 12.3. The minimum absolute atomic E-state index is 0.0475.